The van der Waals surface area contributed by atoms with Gasteiger partial charge in [-0.25, -0.2) is 18.7 Å². The molecule has 0 atom stereocenters. The first-order valence-corrected chi connectivity index (χ1v) is 6.26. The van der Waals surface area contributed by atoms with E-state index in [0.717, 1.165) is 16.8 Å². The third-order valence-corrected chi connectivity index (χ3v) is 3.58. The van der Waals surface area contributed by atoms with E-state index in [1.54, 1.807) is 12.3 Å². The number of benzene rings is 1. The van der Waals surface area contributed by atoms with Crippen LogP contribution in [0.1, 0.15) is 0 Å². The lowest BCUT2D eigenvalue weighted by atomic mass is 10.2. The van der Waals surface area contributed by atoms with Crippen molar-refractivity contribution in [1.29, 1.82) is 0 Å². The zero-order chi connectivity index (χ0) is 12.7. The first kappa shape index (κ1) is 11.5. The molecule has 2 nitrogen and oxygen atoms in total. The van der Waals surface area contributed by atoms with Crippen LogP contribution in [-0.4, -0.2) is 9.97 Å². The van der Waals surface area contributed by atoms with Gasteiger partial charge in [-0.3, -0.25) is 0 Å². The van der Waals surface area contributed by atoms with E-state index < -0.39 is 11.6 Å². The molecule has 0 fully saturated rings. The van der Waals surface area contributed by atoms with Crippen molar-refractivity contribution in [1.82, 2.24) is 9.97 Å². The van der Waals surface area contributed by atoms with Crippen LogP contribution in [-0.2, 0) is 0 Å². The van der Waals surface area contributed by atoms with Crippen molar-refractivity contribution >= 4 is 33.2 Å². The Morgan fingerprint density at radius 3 is 2.83 bits per heavy atom. The number of nitrogens with zero attached hydrogens (tertiary/aromatic N) is 2. The molecule has 90 valence electrons. The molecular formula is C12H5ClF2N2S. The molecule has 0 spiro atoms. The highest BCUT2D eigenvalue weighted by Crippen LogP contribution is 2.27. The predicted octanol–water partition coefficient (Wildman–Crippen LogP) is 4.29. The number of halogens is 3. The molecule has 0 saturated heterocycles. The van der Waals surface area contributed by atoms with Gasteiger partial charge in [0.25, 0.3) is 0 Å². The molecule has 2 heterocycles. The summed E-state index contributed by atoms with van der Waals surface area (Å²) in [6, 6.07) is 3.73. The average molecular weight is 283 g/mol. The predicted molar refractivity (Wildman–Crippen MR) is 67.8 cm³/mol. The second-order valence-corrected chi connectivity index (χ2v) is 4.96. The Kier molecular flexibility index (Phi) is 2.72. The van der Waals surface area contributed by atoms with E-state index in [1.807, 2.05) is 5.38 Å². The second-order valence-electron chi connectivity index (χ2n) is 3.61. The van der Waals surface area contributed by atoms with E-state index in [2.05, 4.69) is 9.97 Å². The zero-order valence-electron chi connectivity index (χ0n) is 8.82. The number of rotatable bonds is 1. The zero-order valence-corrected chi connectivity index (χ0v) is 10.4. The van der Waals surface area contributed by atoms with Gasteiger partial charge in [-0.2, -0.15) is 0 Å². The summed E-state index contributed by atoms with van der Waals surface area (Å²) in [6.07, 6.45) is 1.59. The minimum Gasteiger partial charge on any atom is -0.235 e. The Morgan fingerprint density at radius 2 is 2.00 bits per heavy atom. The van der Waals surface area contributed by atoms with E-state index in [0.29, 0.717) is 5.52 Å². The van der Waals surface area contributed by atoms with Crippen LogP contribution in [0, 0.1) is 11.6 Å². The summed E-state index contributed by atoms with van der Waals surface area (Å²) in [6.45, 7) is 0. The molecule has 3 aromatic rings. The fraction of sp³-hybridized carbons (Fsp3) is 0. The fourth-order valence-electron chi connectivity index (χ4n) is 1.59. The van der Waals surface area contributed by atoms with Gasteiger partial charge in [0, 0.05) is 6.20 Å². The summed E-state index contributed by atoms with van der Waals surface area (Å²) in [7, 11) is 0. The van der Waals surface area contributed by atoms with Crippen LogP contribution in [0.3, 0.4) is 0 Å². The van der Waals surface area contributed by atoms with Gasteiger partial charge < -0.3 is 0 Å². The Balaban J connectivity index is 2.21. The maximum Gasteiger partial charge on any atom is 0.162 e. The molecule has 0 aliphatic heterocycles. The molecule has 0 bridgehead atoms. The number of thiophene rings is 1. The molecule has 2 aromatic heterocycles. The molecule has 0 N–H and O–H groups in total. The van der Waals surface area contributed by atoms with Crippen LogP contribution in [0.5, 0.6) is 0 Å². The average Bonchev–Trinajstić information content (AvgIpc) is 2.80. The first-order valence-electron chi connectivity index (χ1n) is 5.00. The van der Waals surface area contributed by atoms with E-state index >= 15 is 0 Å². The molecule has 1 aromatic carbocycles. The number of aromatic nitrogens is 2. The SMILES string of the molecule is Fc1cc(-c2ncc3sccc3n2)c(F)cc1Cl. The Hall–Kier alpha value is -1.59. The van der Waals surface area contributed by atoms with Gasteiger partial charge in [0.15, 0.2) is 5.82 Å². The van der Waals surface area contributed by atoms with Gasteiger partial charge >= 0.3 is 0 Å². The molecule has 0 aliphatic carbocycles. The second kappa shape index (κ2) is 4.26. The Morgan fingerprint density at radius 1 is 1.17 bits per heavy atom. The molecule has 0 saturated carbocycles. The molecule has 0 unspecified atom stereocenters. The molecule has 0 aliphatic rings. The number of hydrogen-bond donors (Lipinski definition) is 0. The largest absolute Gasteiger partial charge is 0.235 e. The van der Waals surface area contributed by atoms with Crippen molar-refractivity contribution in [3.8, 4) is 11.4 Å². The monoisotopic (exact) mass is 282 g/mol. The van der Waals surface area contributed by atoms with Gasteiger partial charge in [0.1, 0.15) is 11.6 Å². The first-order chi connectivity index (χ1) is 8.65. The normalized spacial score (nSPS) is 11.1. The summed E-state index contributed by atoms with van der Waals surface area (Å²) in [5, 5.41) is 1.61. The van der Waals surface area contributed by atoms with Crippen molar-refractivity contribution in [3.63, 3.8) is 0 Å². The summed E-state index contributed by atoms with van der Waals surface area (Å²) in [4.78, 5) is 8.22. The number of hydrogen-bond acceptors (Lipinski definition) is 3. The topological polar surface area (TPSA) is 25.8 Å². The summed E-state index contributed by atoms with van der Waals surface area (Å²) in [5.41, 5.74) is 0.713. The lowest BCUT2D eigenvalue weighted by Gasteiger charge is -2.03. The van der Waals surface area contributed by atoms with Crippen LogP contribution in [0.4, 0.5) is 8.78 Å². The summed E-state index contributed by atoms with van der Waals surface area (Å²) >= 11 is 6.98. The molecule has 6 heteroatoms. The van der Waals surface area contributed by atoms with Gasteiger partial charge in [-0.05, 0) is 23.6 Å². The van der Waals surface area contributed by atoms with Gasteiger partial charge in [-0.1, -0.05) is 11.6 Å². The minimum atomic E-state index is -0.693. The van der Waals surface area contributed by atoms with E-state index in [4.69, 9.17) is 11.6 Å². The van der Waals surface area contributed by atoms with E-state index in [9.17, 15) is 8.78 Å². The fourth-order valence-corrected chi connectivity index (χ4v) is 2.43. The van der Waals surface area contributed by atoms with Crippen molar-refractivity contribution in [2.24, 2.45) is 0 Å². The molecule has 3 rings (SSSR count). The van der Waals surface area contributed by atoms with Crippen LogP contribution in [0.15, 0.2) is 29.8 Å². The van der Waals surface area contributed by atoms with Crippen molar-refractivity contribution in [2.45, 2.75) is 0 Å². The van der Waals surface area contributed by atoms with Crippen LogP contribution in [0.2, 0.25) is 5.02 Å². The third kappa shape index (κ3) is 1.85. The van der Waals surface area contributed by atoms with Crippen molar-refractivity contribution in [3.05, 3.63) is 46.4 Å². The molecule has 18 heavy (non-hydrogen) atoms. The smallest absolute Gasteiger partial charge is 0.162 e. The quantitative estimate of drug-likeness (QED) is 0.622. The van der Waals surface area contributed by atoms with Crippen molar-refractivity contribution in [2.75, 3.05) is 0 Å². The standard InChI is InChI=1S/C12H5ClF2N2S/c13-7-4-8(14)6(3-9(7)15)12-16-5-11-10(17-12)1-2-18-11/h1-5H. The third-order valence-electron chi connectivity index (χ3n) is 2.45. The van der Waals surface area contributed by atoms with E-state index in [-0.39, 0.29) is 16.4 Å². The minimum absolute atomic E-state index is 0.00463. The number of fused-ring (bicyclic) bond motifs is 1. The highest BCUT2D eigenvalue weighted by atomic mass is 35.5. The van der Waals surface area contributed by atoms with Crippen LogP contribution >= 0.6 is 22.9 Å². The van der Waals surface area contributed by atoms with Gasteiger partial charge in [-0.15, -0.1) is 11.3 Å². The van der Waals surface area contributed by atoms with Gasteiger partial charge in [0.05, 0.1) is 20.8 Å². The molecular weight excluding hydrogens is 278 g/mol. The Bertz CT molecular complexity index is 742. The lowest BCUT2D eigenvalue weighted by Crippen LogP contribution is -1.93. The lowest BCUT2D eigenvalue weighted by molar-refractivity contribution is 0.602. The van der Waals surface area contributed by atoms with E-state index in [1.165, 1.54) is 11.3 Å². The maximum atomic E-state index is 13.7. The van der Waals surface area contributed by atoms with Crippen molar-refractivity contribution < 1.29 is 8.78 Å². The highest BCUT2D eigenvalue weighted by molar-refractivity contribution is 7.17. The summed E-state index contributed by atoms with van der Waals surface area (Å²) in [5.74, 6) is -1.19. The Labute approximate surface area is 110 Å². The maximum absolute atomic E-state index is 13.7. The van der Waals surface area contributed by atoms with Crippen LogP contribution < -0.4 is 0 Å². The summed E-state index contributed by atoms with van der Waals surface area (Å²) < 4.78 is 28.0. The molecule has 0 amide bonds. The molecule has 0 radical (unpaired) electrons. The highest BCUT2D eigenvalue weighted by Gasteiger charge is 2.13. The van der Waals surface area contributed by atoms with Crippen LogP contribution in [0.25, 0.3) is 21.6 Å². The van der Waals surface area contributed by atoms with Gasteiger partial charge in [0.2, 0.25) is 0 Å².